The molecule has 0 aromatic carbocycles. The van der Waals surface area contributed by atoms with Crippen LogP contribution in [0.4, 0.5) is 0 Å². The molecule has 1 amide bonds. The Morgan fingerprint density at radius 3 is 2.55 bits per heavy atom. The lowest BCUT2D eigenvalue weighted by atomic mass is 9.97. The summed E-state index contributed by atoms with van der Waals surface area (Å²) in [6.45, 7) is 3.76. The minimum Gasteiger partial charge on any atom is -0.394 e. The monoisotopic (exact) mass is 293 g/mol. The number of aliphatic hydroxyl groups is 3. The van der Waals surface area contributed by atoms with Gasteiger partial charge in [0.25, 0.3) is 0 Å². The quantitative estimate of drug-likeness (QED) is 0.400. The van der Waals surface area contributed by atoms with Crippen LogP contribution in [0.1, 0.15) is 13.8 Å². The number of hydrogen-bond acceptors (Lipinski definition) is 7. The molecule has 8 nitrogen and oxygen atoms in total. The summed E-state index contributed by atoms with van der Waals surface area (Å²) in [6, 6.07) is -0.910. The molecule has 0 aliphatic carbocycles. The molecule has 8 heteroatoms. The van der Waals surface area contributed by atoms with Crippen LogP contribution in [-0.4, -0.2) is 78.3 Å². The average Bonchev–Trinajstić information content (AvgIpc) is 2.41. The van der Waals surface area contributed by atoms with Crippen molar-refractivity contribution in [2.75, 3.05) is 26.4 Å². The van der Waals surface area contributed by atoms with E-state index in [0.717, 1.165) is 0 Å². The highest BCUT2D eigenvalue weighted by atomic mass is 16.7. The number of hydrogen-bond donors (Lipinski definition) is 4. The van der Waals surface area contributed by atoms with Gasteiger partial charge < -0.3 is 34.8 Å². The first kappa shape index (κ1) is 17.3. The van der Waals surface area contributed by atoms with E-state index in [-0.39, 0.29) is 12.5 Å². The molecule has 0 bridgehead atoms. The Bertz CT molecular complexity index is 302. The van der Waals surface area contributed by atoms with Crippen molar-refractivity contribution in [1.29, 1.82) is 0 Å². The fourth-order valence-electron chi connectivity index (χ4n) is 1.98. The Morgan fingerprint density at radius 2 is 2.00 bits per heavy atom. The van der Waals surface area contributed by atoms with Crippen LogP contribution in [-0.2, 0) is 19.0 Å². The van der Waals surface area contributed by atoms with Gasteiger partial charge in [0.15, 0.2) is 6.29 Å². The lowest BCUT2D eigenvalue weighted by molar-refractivity contribution is -0.271. The minimum absolute atomic E-state index is 0.204. The smallest absolute Gasteiger partial charge is 0.217 e. The van der Waals surface area contributed by atoms with Gasteiger partial charge in [-0.3, -0.25) is 4.79 Å². The molecular weight excluding hydrogens is 270 g/mol. The van der Waals surface area contributed by atoms with E-state index in [1.165, 1.54) is 6.92 Å². The molecule has 5 atom stereocenters. The molecule has 1 aliphatic rings. The summed E-state index contributed by atoms with van der Waals surface area (Å²) >= 11 is 0. The summed E-state index contributed by atoms with van der Waals surface area (Å²) in [4.78, 5) is 11.1. The first-order valence-corrected chi connectivity index (χ1v) is 6.60. The van der Waals surface area contributed by atoms with Crippen LogP contribution in [0.5, 0.6) is 0 Å². The number of carbonyl (C=O) groups excluding carboxylic acids is 1. The number of carbonyl (C=O) groups is 1. The van der Waals surface area contributed by atoms with Gasteiger partial charge in [0, 0.05) is 13.5 Å². The third-order valence-corrected chi connectivity index (χ3v) is 2.96. The van der Waals surface area contributed by atoms with Gasteiger partial charge in [-0.25, -0.2) is 0 Å². The third kappa shape index (κ3) is 4.65. The SMILES string of the molecule is CCOCCOC1OC(CO)C(O)C(O)C1NC(C)=O. The summed E-state index contributed by atoms with van der Waals surface area (Å²) in [5, 5.41) is 31.4. The maximum Gasteiger partial charge on any atom is 0.217 e. The summed E-state index contributed by atoms with van der Waals surface area (Å²) < 4.78 is 15.9. The zero-order chi connectivity index (χ0) is 15.1. The van der Waals surface area contributed by atoms with Crippen molar-refractivity contribution in [3.63, 3.8) is 0 Å². The van der Waals surface area contributed by atoms with E-state index in [9.17, 15) is 15.0 Å². The Kier molecular flexibility index (Phi) is 7.35. The summed E-state index contributed by atoms with van der Waals surface area (Å²) in [5.41, 5.74) is 0. The normalized spacial score (nSPS) is 34.0. The fourth-order valence-corrected chi connectivity index (χ4v) is 1.98. The number of nitrogens with one attached hydrogen (secondary N) is 1. The topological polar surface area (TPSA) is 117 Å². The van der Waals surface area contributed by atoms with Crippen LogP contribution >= 0.6 is 0 Å². The molecule has 0 aromatic rings. The summed E-state index contributed by atoms with van der Waals surface area (Å²) in [7, 11) is 0. The molecule has 0 aromatic heterocycles. The summed E-state index contributed by atoms with van der Waals surface area (Å²) in [6.07, 6.45) is -4.52. The van der Waals surface area contributed by atoms with Crippen molar-refractivity contribution in [2.24, 2.45) is 0 Å². The van der Waals surface area contributed by atoms with Crippen LogP contribution < -0.4 is 5.32 Å². The van der Waals surface area contributed by atoms with Gasteiger partial charge >= 0.3 is 0 Å². The van der Waals surface area contributed by atoms with E-state index in [1.54, 1.807) is 0 Å². The molecule has 5 unspecified atom stereocenters. The van der Waals surface area contributed by atoms with E-state index in [2.05, 4.69) is 5.32 Å². The molecule has 1 saturated heterocycles. The minimum atomic E-state index is -1.30. The highest BCUT2D eigenvalue weighted by Crippen LogP contribution is 2.22. The molecule has 1 rings (SSSR count). The fraction of sp³-hybridized carbons (Fsp3) is 0.917. The zero-order valence-corrected chi connectivity index (χ0v) is 11.7. The average molecular weight is 293 g/mol. The molecule has 1 heterocycles. The Balaban J connectivity index is 2.65. The Morgan fingerprint density at radius 1 is 1.30 bits per heavy atom. The van der Waals surface area contributed by atoms with Gasteiger partial charge in [-0.2, -0.15) is 0 Å². The molecule has 1 aliphatic heterocycles. The van der Waals surface area contributed by atoms with Crippen molar-refractivity contribution in [3.8, 4) is 0 Å². The molecule has 0 saturated carbocycles. The van der Waals surface area contributed by atoms with Gasteiger partial charge in [-0.1, -0.05) is 0 Å². The zero-order valence-electron chi connectivity index (χ0n) is 11.7. The largest absolute Gasteiger partial charge is 0.394 e. The van der Waals surface area contributed by atoms with Gasteiger partial charge in [0.05, 0.1) is 19.8 Å². The number of ether oxygens (including phenoxy) is 3. The Hall–Kier alpha value is -0.770. The van der Waals surface area contributed by atoms with Crippen LogP contribution in [0.15, 0.2) is 0 Å². The van der Waals surface area contributed by atoms with E-state index in [4.69, 9.17) is 19.3 Å². The van der Waals surface area contributed by atoms with Crippen molar-refractivity contribution in [2.45, 2.75) is 44.5 Å². The van der Waals surface area contributed by atoms with E-state index in [0.29, 0.717) is 13.2 Å². The van der Waals surface area contributed by atoms with E-state index < -0.39 is 37.3 Å². The highest BCUT2D eigenvalue weighted by Gasteiger charge is 2.45. The molecule has 0 spiro atoms. The van der Waals surface area contributed by atoms with Gasteiger partial charge in [-0.05, 0) is 6.92 Å². The highest BCUT2D eigenvalue weighted by molar-refractivity contribution is 5.73. The lowest BCUT2D eigenvalue weighted by Gasteiger charge is -2.42. The van der Waals surface area contributed by atoms with Crippen molar-refractivity contribution in [3.05, 3.63) is 0 Å². The molecule has 0 radical (unpaired) electrons. The second-order valence-corrected chi connectivity index (χ2v) is 4.50. The first-order chi connectivity index (χ1) is 9.51. The molecule has 4 N–H and O–H groups in total. The maximum absolute atomic E-state index is 11.1. The van der Waals surface area contributed by atoms with Crippen molar-refractivity contribution < 1.29 is 34.3 Å². The standard InChI is InChI=1S/C12H23NO7/c1-3-18-4-5-19-12-9(13-7(2)15)11(17)10(16)8(6-14)20-12/h8-12,14,16-17H,3-6H2,1-2H3,(H,13,15). The molecule has 1 fully saturated rings. The van der Waals surface area contributed by atoms with E-state index in [1.807, 2.05) is 6.92 Å². The molecule has 20 heavy (non-hydrogen) atoms. The van der Waals surface area contributed by atoms with E-state index >= 15 is 0 Å². The predicted octanol–water partition coefficient (Wildman–Crippen LogP) is -2.02. The Labute approximate surface area is 117 Å². The van der Waals surface area contributed by atoms with Gasteiger partial charge in [-0.15, -0.1) is 0 Å². The van der Waals surface area contributed by atoms with Crippen LogP contribution in [0.3, 0.4) is 0 Å². The van der Waals surface area contributed by atoms with Gasteiger partial charge in [0.2, 0.25) is 5.91 Å². The maximum atomic E-state index is 11.1. The number of aliphatic hydroxyl groups excluding tert-OH is 3. The van der Waals surface area contributed by atoms with Crippen LogP contribution in [0.2, 0.25) is 0 Å². The van der Waals surface area contributed by atoms with Crippen LogP contribution in [0, 0.1) is 0 Å². The van der Waals surface area contributed by atoms with Crippen LogP contribution in [0.25, 0.3) is 0 Å². The lowest BCUT2D eigenvalue weighted by Crippen LogP contribution is -2.64. The predicted molar refractivity (Wildman–Crippen MR) is 67.8 cm³/mol. The molecule has 118 valence electrons. The molecular formula is C12H23NO7. The second kappa shape index (κ2) is 8.50. The van der Waals surface area contributed by atoms with Gasteiger partial charge in [0.1, 0.15) is 24.4 Å². The first-order valence-electron chi connectivity index (χ1n) is 6.60. The van der Waals surface area contributed by atoms with Crippen molar-refractivity contribution >= 4 is 5.91 Å². The number of rotatable bonds is 7. The second-order valence-electron chi connectivity index (χ2n) is 4.50. The number of amides is 1. The van der Waals surface area contributed by atoms with Crippen molar-refractivity contribution in [1.82, 2.24) is 5.32 Å². The third-order valence-electron chi connectivity index (χ3n) is 2.96. The summed E-state index contributed by atoms with van der Waals surface area (Å²) in [5.74, 6) is -0.384.